The van der Waals surface area contributed by atoms with Gasteiger partial charge in [-0.3, -0.25) is 4.79 Å². The van der Waals surface area contributed by atoms with Crippen molar-refractivity contribution in [3.63, 3.8) is 0 Å². The number of benzene rings is 2. The number of amides is 1. The van der Waals surface area contributed by atoms with Crippen LogP contribution in [0.1, 0.15) is 41.6 Å². The Morgan fingerprint density at radius 2 is 1.78 bits per heavy atom. The highest BCUT2D eigenvalue weighted by Gasteiger charge is 2.32. The van der Waals surface area contributed by atoms with Crippen molar-refractivity contribution < 1.29 is 22.3 Å². The van der Waals surface area contributed by atoms with Gasteiger partial charge in [-0.25, -0.2) is 12.8 Å². The minimum Gasteiger partial charge on any atom is -0.489 e. The standard InChI is InChI=1S/C24H29FN2O4S/c1-32(29,30)21-9-6-18(7-10-21)17-31-20-8-11-22(23(25)15-20)24(28)27-14-4-5-19(27)16-26-12-2-3-13-26/h6-11,15,19H,2-5,12-14,16-17H2,1H3. The largest absolute Gasteiger partial charge is 0.489 e. The van der Waals surface area contributed by atoms with Crippen LogP contribution in [0.25, 0.3) is 0 Å². The number of hydrogen-bond donors (Lipinski definition) is 0. The molecule has 2 aromatic rings. The summed E-state index contributed by atoms with van der Waals surface area (Å²) in [5.41, 5.74) is 0.836. The van der Waals surface area contributed by atoms with Gasteiger partial charge in [0, 0.05) is 31.5 Å². The normalized spacial score (nSPS) is 19.4. The molecule has 2 aliphatic rings. The summed E-state index contributed by atoms with van der Waals surface area (Å²) in [6.07, 6.45) is 5.48. The monoisotopic (exact) mass is 460 g/mol. The number of halogens is 1. The first-order valence-corrected chi connectivity index (χ1v) is 12.9. The van der Waals surface area contributed by atoms with Crippen molar-refractivity contribution in [1.82, 2.24) is 9.80 Å². The number of carbonyl (C=O) groups excluding carboxylic acids is 1. The molecule has 1 atom stereocenters. The summed E-state index contributed by atoms with van der Waals surface area (Å²) in [7, 11) is -3.25. The number of carbonyl (C=O) groups is 1. The zero-order valence-electron chi connectivity index (χ0n) is 18.3. The first kappa shape index (κ1) is 22.7. The Bertz CT molecular complexity index is 1070. The summed E-state index contributed by atoms with van der Waals surface area (Å²) in [6.45, 7) is 3.86. The van der Waals surface area contributed by atoms with Crippen molar-refractivity contribution >= 4 is 15.7 Å². The van der Waals surface area contributed by atoms with E-state index in [-0.39, 0.29) is 29.0 Å². The highest BCUT2D eigenvalue weighted by molar-refractivity contribution is 7.90. The van der Waals surface area contributed by atoms with Gasteiger partial charge in [-0.15, -0.1) is 0 Å². The Balaban J connectivity index is 1.38. The fraction of sp³-hybridized carbons (Fsp3) is 0.458. The van der Waals surface area contributed by atoms with E-state index in [1.54, 1.807) is 18.2 Å². The molecule has 172 valence electrons. The summed E-state index contributed by atoms with van der Waals surface area (Å²) >= 11 is 0. The van der Waals surface area contributed by atoms with Gasteiger partial charge in [0.15, 0.2) is 9.84 Å². The number of hydrogen-bond acceptors (Lipinski definition) is 5. The topological polar surface area (TPSA) is 66.9 Å². The fourth-order valence-corrected chi connectivity index (χ4v) is 5.10. The van der Waals surface area contributed by atoms with E-state index in [2.05, 4.69) is 4.90 Å². The second-order valence-corrected chi connectivity index (χ2v) is 10.7. The first-order chi connectivity index (χ1) is 15.3. The van der Waals surface area contributed by atoms with Crippen LogP contribution in [0.4, 0.5) is 4.39 Å². The van der Waals surface area contributed by atoms with Crippen molar-refractivity contribution in [2.24, 2.45) is 0 Å². The lowest BCUT2D eigenvalue weighted by molar-refractivity contribution is 0.0704. The Labute approximate surface area is 188 Å². The van der Waals surface area contributed by atoms with Crippen molar-refractivity contribution in [2.45, 2.75) is 43.2 Å². The summed E-state index contributed by atoms with van der Waals surface area (Å²) < 4.78 is 43.5. The molecule has 1 amide bonds. The van der Waals surface area contributed by atoms with Crippen LogP contribution in [0.2, 0.25) is 0 Å². The SMILES string of the molecule is CS(=O)(=O)c1ccc(COc2ccc(C(=O)N3CCCC3CN3CCCC3)c(F)c2)cc1. The van der Waals surface area contributed by atoms with Gasteiger partial charge < -0.3 is 14.5 Å². The van der Waals surface area contributed by atoms with Gasteiger partial charge in [0.05, 0.1) is 10.5 Å². The summed E-state index contributed by atoms with van der Waals surface area (Å²) in [6, 6.07) is 10.8. The van der Waals surface area contributed by atoms with Crippen molar-refractivity contribution in [2.75, 3.05) is 32.4 Å². The maximum atomic E-state index is 14.8. The van der Waals surface area contributed by atoms with E-state index in [9.17, 15) is 17.6 Å². The molecule has 2 saturated heterocycles. The number of ether oxygens (including phenoxy) is 1. The van der Waals surface area contributed by atoms with Crippen molar-refractivity contribution in [3.05, 3.63) is 59.4 Å². The number of rotatable bonds is 7. The average molecular weight is 461 g/mol. The molecule has 32 heavy (non-hydrogen) atoms. The van der Waals surface area contributed by atoms with Gasteiger partial charge in [0.1, 0.15) is 18.2 Å². The molecule has 2 heterocycles. The highest BCUT2D eigenvalue weighted by Crippen LogP contribution is 2.25. The van der Waals surface area contributed by atoms with E-state index in [1.165, 1.54) is 37.1 Å². The van der Waals surface area contributed by atoms with E-state index >= 15 is 0 Å². The van der Waals surface area contributed by atoms with Crippen molar-refractivity contribution in [1.29, 1.82) is 0 Å². The lowest BCUT2D eigenvalue weighted by Gasteiger charge is -2.28. The molecule has 0 radical (unpaired) electrons. The van der Waals surface area contributed by atoms with Gasteiger partial charge in [-0.2, -0.15) is 0 Å². The van der Waals surface area contributed by atoms with E-state index in [1.807, 2.05) is 4.90 Å². The van der Waals surface area contributed by atoms with Crippen LogP contribution >= 0.6 is 0 Å². The predicted molar refractivity (Wildman–Crippen MR) is 120 cm³/mol. The zero-order valence-corrected chi connectivity index (χ0v) is 19.1. The molecular formula is C24H29FN2O4S. The first-order valence-electron chi connectivity index (χ1n) is 11.1. The molecule has 0 aliphatic carbocycles. The zero-order chi connectivity index (χ0) is 22.7. The molecule has 0 aromatic heterocycles. The Morgan fingerprint density at radius 3 is 2.44 bits per heavy atom. The van der Waals surface area contributed by atoms with E-state index < -0.39 is 15.7 Å². The van der Waals surface area contributed by atoms with Gasteiger partial charge >= 0.3 is 0 Å². The third-order valence-electron chi connectivity index (χ3n) is 6.23. The molecule has 0 N–H and O–H groups in total. The third kappa shape index (κ3) is 5.30. The average Bonchev–Trinajstić information content (AvgIpc) is 3.44. The van der Waals surface area contributed by atoms with Gasteiger partial charge in [-0.1, -0.05) is 12.1 Å². The predicted octanol–water partition coefficient (Wildman–Crippen LogP) is 3.51. The van der Waals surface area contributed by atoms with Gasteiger partial charge in [-0.05, 0) is 68.6 Å². The lowest BCUT2D eigenvalue weighted by Crippen LogP contribution is -2.42. The molecular weight excluding hydrogens is 431 g/mol. The molecule has 1 unspecified atom stereocenters. The van der Waals surface area contributed by atoms with Crippen LogP contribution < -0.4 is 4.74 Å². The molecule has 0 spiro atoms. The summed E-state index contributed by atoms with van der Waals surface area (Å²) in [5, 5.41) is 0. The minimum absolute atomic E-state index is 0.0724. The maximum Gasteiger partial charge on any atom is 0.257 e. The Kier molecular flexibility index (Phi) is 6.81. The molecule has 8 heteroatoms. The maximum absolute atomic E-state index is 14.8. The second kappa shape index (κ2) is 9.58. The quantitative estimate of drug-likeness (QED) is 0.633. The van der Waals surface area contributed by atoms with Gasteiger partial charge in [0.25, 0.3) is 5.91 Å². The van der Waals surface area contributed by atoms with E-state index in [0.717, 1.165) is 44.3 Å². The number of nitrogens with zero attached hydrogens (tertiary/aromatic N) is 2. The second-order valence-electron chi connectivity index (χ2n) is 8.65. The van der Waals surface area contributed by atoms with E-state index in [0.29, 0.717) is 12.3 Å². The number of sulfone groups is 1. The van der Waals surface area contributed by atoms with Crippen LogP contribution in [-0.2, 0) is 16.4 Å². The van der Waals surface area contributed by atoms with Crippen molar-refractivity contribution in [3.8, 4) is 5.75 Å². The third-order valence-corrected chi connectivity index (χ3v) is 7.36. The highest BCUT2D eigenvalue weighted by atomic mass is 32.2. The van der Waals surface area contributed by atoms with Crippen LogP contribution in [-0.4, -0.2) is 62.6 Å². The van der Waals surface area contributed by atoms with Crippen LogP contribution in [0.5, 0.6) is 5.75 Å². The smallest absolute Gasteiger partial charge is 0.257 e. The Hall–Kier alpha value is -2.45. The molecule has 2 aromatic carbocycles. The molecule has 6 nitrogen and oxygen atoms in total. The van der Waals surface area contributed by atoms with E-state index in [4.69, 9.17) is 4.74 Å². The van der Waals surface area contributed by atoms with Crippen LogP contribution in [0.15, 0.2) is 47.4 Å². The fourth-order valence-electron chi connectivity index (χ4n) is 4.47. The van der Waals surface area contributed by atoms with Gasteiger partial charge in [0.2, 0.25) is 0 Å². The Morgan fingerprint density at radius 1 is 1.06 bits per heavy atom. The molecule has 2 fully saturated rings. The molecule has 2 aliphatic heterocycles. The molecule has 4 rings (SSSR count). The summed E-state index contributed by atoms with van der Waals surface area (Å²) in [5.74, 6) is -0.528. The van der Waals surface area contributed by atoms with Crippen LogP contribution in [0.3, 0.4) is 0 Å². The number of likely N-dealkylation sites (tertiary alicyclic amines) is 2. The lowest BCUT2D eigenvalue weighted by atomic mass is 10.1. The van der Waals surface area contributed by atoms with Crippen LogP contribution in [0, 0.1) is 5.82 Å². The molecule has 0 bridgehead atoms. The summed E-state index contributed by atoms with van der Waals surface area (Å²) in [4.78, 5) is 17.5. The minimum atomic E-state index is -3.25. The molecule has 0 saturated carbocycles.